The highest BCUT2D eigenvalue weighted by Gasteiger charge is 2.58. The number of ether oxygens (including phenoxy) is 1. The van der Waals surface area contributed by atoms with Crippen LogP contribution < -0.4 is 0 Å². The number of aromatic nitrogens is 1. The fraction of sp³-hybridized carbons (Fsp3) is 0.667. The molecule has 28 heavy (non-hydrogen) atoms. The highest BCUT2D eigenvalue weighted by molar-refractivity contribution is 5.88. The minimum atomic E-state index is -0.601. The van der Waals surface area contributed by atoms with Crippen LogP contribution >= 0.6 is 0 Å². The lowest BCUT2D eigenvalue weighted by atomic mass is 9.77. The minimum absolute atomic E-state index is 0.110. The van der Waals surface area contributed by atoms with Crippen molar-refractivity contribution in [3.05, 3.63) is 30.1 Å². The lowest BCUT2D eigenvalue weighted by molar-refractivity contribution is -0.224. The van der Waals surface area contributed by atoms with Crippen molar-refractivity contribution < 1.29 is 19.2 Å². The highest BCUT2D eigenvalue weighted by Crippen LogP contribution is 2.44. The van der Waals surface area contributed by atoms with Gasteiger partial charge in [-0.1, -0.05) is 13.8 Å². The zero-order chi connectivity index (χ0) is 20.1. The third-order valence-corrected chi connectivity index (χ3v) is 5.94. The number of hydrogen-bond acceptors (Lipinski definition) is 6. The second-order valence-electron chi connectivity index (χ2n) is 8.22. The van der Waals surface area contributed by atoms with E-state index in [9.17, 15) is 9.59 Å². The standard InChI is InChI=1S/C21H31N3O4/c1-16(2)6-13-28-24-19(25)14-18(20(26)27-3)21(24)7-11-23(12-8-21)15-17-4-9-22-10-5-17/h4-5,9-10,16,18H,6-8,11-15H2,1-3H3/t18-/m1/s1. The number of methoxy groups -OCH3 is 1. The highest BCUT2D eigenvalue weighted by atomic mass is 16.7. The van der Waals surface area contributed by atoms with Gasteiger partial charge in [-0.05, 0) is 42.9 Å². The molecule has 1 spiro atoms. The predicted octanol–water partition coefficient (Wildman–Crippen LogP) is 2.42. The van der Waals surface area contributed by atoms with Crippen molar-refractivity contribution in [2.24, 2.45) is 11.8 Å². The summed E-state index contributed by atoms with van der Waals surface area (Å²) in [7, 11) is 1.39. The number of carbonyl (C=O) groups is 2. The zero-order valence-corrected chi connectivity index (χ0v) is 17.1. The van der Waals surface area contributed by atoms with Gasteiger partial charge in [-0.2, -0.15) is 0 Å². The molecule has 2 fully saturated rings. The van der Waals surface area contributed by atoms with E-state index in [0.717, 1.165) is 26.1 Å². The Balaban J connectivity index is 1.72. The van der Waals surface area contributed by atoms with E-state index in [1.54, 1.807) is 12.4 Å². The van der Waals surface area contributed by atoms with Crippen LogP contribution in [0, 0.1) is 11.8 Å². The van der Waals surface area contributed by atoms with E-state index < -0.39 is 11.5 Å². The Kier molecular flexibility index (Phi) is 6.67. The van der Waals surface area contributed by atoms with E-state index >= 15 is 0 Å². The van der Waals surface area contributed by atoms with Crippen LogP contribution in [0.2, 0.25) is 0 Å². The molecule has 1 amide bonds. The van der Waals surface area contributed by atoms with Crippen LogP contribution in [-0.4, -0.2) is 59.2 Å². The van der Waals surface area contributed by atoms with Crippen LogP contribution in [-0.2, 0) is 25.7 Å². The molecule has 2 aliphatic heterocycles. The number of piperidine rings is 1. The molecule has 154 valence electrons. The molecule has 1 atom stereocenters. The maximum Gasteiger partial charge on any atom is 0.311 e. The number of nitrogens with zero attached hydrogens (tertiary/aromatic N) is 3. The molecule has 2 saturated heterocycles. The van der Waals surface area contributed by atoms with Crippen molar-refractivity contribution in [1.29, 1.82) is 0 Å². The summed E-state index contributed by atoms with van der Waals surface area (Å²) in [6.07, 6.45) is 6.04. The number of carbonyl (C=O) groups excluding carboxylic acids is 2. The lowest BCUT2D eigenvalue weighted by Crippen LogP contribution is -2.57. The summed E-state index contributed by atoms with van der Waals surface area (Å²) in [6.45, 7) is 7.17. The molecular weight excluding hydrogens is 358 g/mol. The van der Waals surface area contributed by atoms with Crippen molar-refractivity contribution in [2.45, 2.75) is 51.6 Å². The van der Waals surface area contributed by atoms with E-state index in [1.165, 1.54) is 17.7 Å². The van der Waals surface area contributed by atoms with Gasteiger partial charge in [0.2, 0.25) is 5.91 Å². The number of hydroxylamine groups is 2. The Labute approximate surface area is 167 Å². The largest absolute Gasteiger partial charge is 0.469 e. The molecule has 1 aromatic rings. The summed E-state index contributed by atoms with van der Waals surface area (Å²) < 4.78 is 5.03. The molecule has 0 saturated carbocycles. The Bertz CT molecular complexity index is 671. The molecule has 3 heterocycles. The summed E-state index contributed by atoms with van der Waals surface area (Å²) in [5, 5.41) is 1.53. The first-order valence-corrected chi connectivity index (χ1v) is 10.1. The van der Waals surface area contributed by atoms with Gasteiger partial charge < -0.3 is 4.74 Å². The van der Waals surface area contributed by atoms with Crippen molar-refractivity contribution in [3.8, 4) is 0 Å². The average Bonchev–Trinajstić information content (AvgIpc) is 2.96. The quantitative estimate of drug-likeness (QED) is 0.667. The Hall–Kier alpha value is -1.99. The number of amides is 1. The van der Waals surface area contributed by atoms with E-state index in [1.807, 2.05) is 12.1 Å². The van der Waals surface area contributed by atoms with Crippen molar-refractivity contribution in [3.63, 3.8) is 0 Å². The van der Waals surface area contributed by atoms with Crippen LogP contribution in [0.1, 0.15) is 45.1 Å². The molecule has 0 unspecified atom stereocenters. The van der Waals surface area contributed by atoms with Gasteiger partial charge in [0.25, 0.3) is 0 Å². The smallest absolute Gasteiger partial charge is 0.311 e. The van der Waals surface area contributed by atoms with Crippen LogP contribution in [0.15, 0.2) is 24.5 Å². The summed E-state index contributed by atoms with van der Waals surface area (Å²) >= 11 is 0. The van der Waals surface area contributed by atoms with Crippen LogP contribution in [0.4, 0.5) is 0 Å². The molecule has 1 aromatic heterocycles. The fourth-order valence-corrected chi connectivity index (χ4v) is 4.26. The molecular formula is C21H31N3O4. The molecule has 0 radical (unpaired) electrons. The van der Waals surface area contributed by atoms with E-state index in [4.69, 9.17) is 9.57 Å². The van der Waals surface area contributed by atoms with E-state index in [2.05, 4.69) is 23.7 Å². The van der Waals surface area contributed by atoms with Crippen LogP contribution in [0.3, 0.4) is 0 Å². The van der Waals surface area contributed by atoms with Gasteiger partial charge in [-0.3, -0.25) is 24.3 Å². The first kappa shape index (κ1) is 20.7. The SMILES string of the molecule is COC(=O)[C@H]1CC(=O)N(OCCC(C)C)C12CCN(Cc1ccncc1)CC2. The summed E-state index contributed by atoms with van der Waals surface area (Å²) in [5.41, 5.74) is 0.610. The number of likely N-dealkylation sites (tertiary alicyclic amines) is 1. The maximum atomic E-state index is 12.7. The molecule has 0 aliphatic carbocycles. The van der Waals surface area contributed by atoms with Gasteiger partial charge in [0.1, 0.15) is 0 Å². The second-order valence-corrected chi connectivity index (χ2v) is 8.22. The summed E-state index contributed by atoms with van der Waals surface area (Å²) in [6, 6.07) is 4.03. The van der Waals surface area contributed by atoms with Crippen molar-refractivity contribution >= 4 is 11.9 Å². The van der Waals surface area contributed by atoms with Gasteiger partial charge in [0, 0.05) is 38.4 Å². The normalized spacial score (nSPS) is 22.2. The molecule has 3 rings (SSSR count). The Morgan fingerprint density at radius 1 is 1.29 bits per heavy atom. The molecule has 2 aliphatic rings. The monoisotopic (exact) mass is 389 g/mol. The number of hydrogen-bond donors (Lipinski definition) is 0. The fourth-order valence-electron chi connectivity index (χ4n) is 4.26. The summed E-state index contributed by atoms with van der Waals surface area (Å²) in [4.78, 5) is 37.5. The van der Waals surface area contributed by atoms with E-state index in [0.29, 0.717) is 25.4 Å². The third-order valence-electron chi connectivity index (χ3n) is 5.94. The topological polar surface area (TPSA) is 72.0 Å². The molecule has 0 bridgehead atoms. The average molecular weight is 389 g/mol. The van der Waals surface area contributed by atoms with Gasteiger partial charge >= 0.3 is 5.97 Å². The second kappa shape index (κ2) is 9.01. The van der Waals surface area contributed by atoms with Crippen LogP contribution in [0.25, 0.3) is 0 Å². The minimum Gasteiger partial charge on any atom is -0.469 e. The zero-order valence-electron chi connectivity index (χ0n) is 17.1. The third kappa shape index (κ3) is 4.36. The van der Waals surface area contributed by atoms with Crippen molar-refractivity contribution in [2.75, 3.05) is 26.8 Å². The molecule has 7 heteroatoms. The molecule has 0 aromatic carbocycles. The van der Waals surface area contributed by atoms with Crippen molar-refractivity contribution in [1.82, 2.24) is 14.9 Å². The number of esters is 1. The maximum absolute atomic E-state index is 12.7. The van der Waals surface area contributed by atoms with Gasteiger partial charge in [0.15, 0.2) is 0 Å². The van der Waals surface area contributed by atoms with Gasteiger partial charge in [-0.25, -0.2) is 5.06 Å². The van der Waals surface area contributed by atoms with Gasteiger partial charge in [-0.15, -0.1) is 0 Å². The first-order chi connectivity index (χ1) is 13.5. The lowest BCUT2D eigenvalue weighted by Gasteiger charge is -2.45. The number of rotatable bonds is 7. The molecule has 7 nitrogen and oxygen atoms in total. The van der Waals surface area contributed by atoms with Crippen LogP contribution in [0.5, 0.6) is 0 Å². The Morgan fingerprint density at radius 2 is 1.96 bits per heavy atom. The molecule has 0 N–H and O–H groups in total. The summed E-state index contributed by atoms with van der Waals surface area (Å²) in [5.74, 6) is -0.396. The Morgan fingerprint density at radius 3 is 2.57 bits per heavy atom. The predicted molar refractivity (Wildman–Crippen MR) is 104 cm³/mol. The first-order valence-electron chi connectivity index (χ1n) is 10.1. The van der Waals surface area contributed by atoms with Gasteiger partial charge in [0.05, 0.1) is 25.2 Å². The van der Waals surface area contributed by atoms with E-state index in [-0.39, 0.29) is 18.3 Å². The number of pyridine rings is 1.